The predicted octanol–water partition coefficient (Wildman–Crippen LogP) is 1.56. The fourth-order valence-corrected chi connectivity index (χ4v) is 11.4. The van der Waals surface area contributed by atoms with E-state index in [0.717, 1.165) is 22.0 Å². The second-order valence-corrected chi connectivity index (χ2v) is 24.5. The molecule has 2 heterocycles. The summed E-state index contributed by atoms with van der Waals surface area (Å²) in [6.07, 6.45) is -0.456. The third kappa shape index (κ3) is 21.9. The fraction of sp³-hybridized carbons (Fsp3) is 0.600. The van der Waals surface area contributed by atoms with E-state index >= 15 is 0 Å². The normalized spacial score (nSPS) is 17.7. The van der Waals surface area contributed by atoms with E-state index in [4.69, 9.17) is 19.9 Å². The van der Waals surface area contributed by atoms with Gasteiger partial charge >= 0.3 is 6.09 Å². The number of nitrogens with zero attached hydrogens (tertiary/aromatic N) is 4. The maximum atomic E-state index is 14.8. The highest BCUT2D eigenvalue weighted by Crippen LogP contribution is 2.30. The van der Waals surface area contributed by atoms with E-state index in [2.05, 4.69) is 31.9 Å². The summed E-state index contributed by atoms with van der Waals surface area (Å²) in [6.45, 7) is 14.7. The molecule has 2 aliphatic heterocycles. The molecule has 0 spiro atoms. The number of carbonyl (C=O) groups is 12. The van der Waals surface area contributed by atoms with Crippen LogP contribution < -0.4 is 37.6 Å². The van der Waals surface area contributed by atoms with Crippen molar-refractivity contribution in [1.29, 1.82) is 0 Å². The van der Waals surface area contributed by atoms with Crippen LogP contribution >= 0.6 is 0 Å². The molecule has 0 radical (unpaired) electrons. The van der Waals surface area contributed by atoms with Crippen LogP contribution in [0.4, 0.5) is 10.5 Å². The molecule has 28 nitrogen and oxygen atoms in total. The topological polar surface area (TPSA) is 384 Å². The van der Waals surface area contributed by atoms with Gasteiger partial charge in [-0.3, -0.25) is 62.5 Å². The van der Waals surface area contributed by atoms with Crippen molar-refractivity contribution < 1.29 is 82.0 Å². The summed E-state index contributed by atoms with van der Waals surface area (Å²) in [6, 6.07) is 7.00. The van der Waals surface area contributed by atoms with Gasteiger partial charge in [0.1, 0.15) is 36.8 Å². The Hall–Kier alpha value is -8.34. The lowest BCUT2D eigenvalue weighted by molar-refractivity contribution is -0.148. The highest BCUT2D eigenvalue weighted by atomic mass is 16.6. The van der Waals surface area contributed by atoms with Crippen molar-refractivity contribution in [2.75, 3.05) is 53.3 Å². The minimum Gasteiger partial charge on any atom is -0.445 e. The first-order valence-electron chi connectivity index (χ1n) is 31.5. The average Bonchev–Trinajstić information content (AvgIpc) is 1.84. The Labute approximate surface area is 544 Å². The predicted molar refractivity (Wildman–Crippen MR) is 341 cm³/mol. The molecule has 13 atom stereocenters. The van der Waals surface area contributed by atoms with Gasteiger partial charge < -0.3 is 71.9 Å². The van der Waals surface area contributed by atoms with Crippen LogP contribution in [-0.2, 0) is 73.6 Å². The number of benzene rings is 2. The molecule has 10 N–H and O–H groups in total. The van der Waals surface area contributed by atoms with Crippen LogP contribution in [-0.4, -0.2) is 209 Å². The van der Waals surface area contributed by atoms with Crippen LogP contribution in [0.1, 0.15) is 124 Å². The minimum absolute atomic E-state index is 0.103. The molecule has 2 aliphatic rings. The number of nitrogens with one attached hydrogen (secondary N) is 6. The smallest absolute Gasteiger partial charge is 0.410 e. The number of aliphatic hydroxyl groups excluding tert-OH is 2. The molecule has 0 unspecified atom stereocenters. The first-order chi connectivity index (χ1) is 43.9. The number of likely N-dealkylation sites (tertiary alicyclic amines) is 1. The van der Waals surface area contributed by atoms with Crippen LogP contribution in [0.25, 0.3) is 0 Å². The molecule has 0 aromatic heterocycles. The Morgan fingerprint density at radius 1 is 0.720 bits per heavy atom. The number of hydrogen-bond donors (Lipinski definition) is 9. The number of primary amides is 1. The van der Waals surface area contributed by atoms with Crippen molar-refractivity contribution in [3.63, 3.8) is 0 Å². The highest BCUT2D eigenvalue weighted by molar-refractivity contribution is 6.13. The van der Waals surface area contributed by atoms with Crippen molar-refractivity contribution >= 4 is 76.8 Å². The van der Waals surface area contributed by atoms with E-state index in [1.54, 1.807) is 77.8 Å². The monoisotopic (exact) mass is 1300 g/mol. The van der Waals surface area contributed by atoms with E-state index in [9.17, 15) is 67.7 Å². The fourth-order valence-electron chi connectivity index (χ4n) is 11.4. The molecule has 0 aliphatic carbocycles. The molecule has 2 aromatic carbocycles. The van der Waals surface area contributed by atoms with E-state index in [1.165, 1.54) is 45.2 Å². The second-order valence-electron chi connectivity index (χ2n) is 24.5. The van der Waals surface area contributed by atoms with E-state index in [1.807, 2.05) is 32.0 Å². The quantitative estimate of drug-likeness (QED) is 0.0437. The van der Waals surface area contributed by atoms with Gasteiger partial charge in [-0.1, -0.05) is 97.4 Å². The lowest BCUT2D eigenvalue weighted by atomic mass is 9.89. The molecular formula is C65H97N11O17. The zero-order chi connectivity index (χ0) is 69.6. The average molecular weight is 1300 g/mol. The number of hydrogen-bond acceptors (Lipinski definition) is 17. The summed E-state index contributed by atoms with van der Waals surface area (Å²) in [4.78, 5) is 164. The number of aliphatic hydroxyl groups is 2. The Morgan fingerprint density at radius 3 is 1.90 bits per heavy atom. The van der Waals surface area contributed by atoms with Crippen LogP contribution in [0.15, 0.2) is 66.7 Å². The third-order valence-electron chi connectivity index (χ3n) is 17.0. The standard InChI is InChI=1S/C65H97N11O17/c1-14-38(6)56(48(91-12)33-53(82)75-31-18-21-47(75)58(92-13)39(7)59(84)67-40(8)57(83)43-19-16-15-17-20-43)73(10)64(89)54(36(2)3)72-63(88)55(37(4)5)74(11)65(90)93-35-42-22-24-44(25-23-42)69-60(85)41(9)68-62(87)46(34-77)71-61(86)45(26-27-49(66)78)70-50(79)30-32-76-51(80)28-29-52(76)81/h15-17,19-20,22-25,28-29,36-41,45-48,54-58,77,83H,14,18,21,26-27,30-35H2,1-13H3,(H2,66,78)(H,67,84)(H,68,87)(H,69,85)(H,70,79)(H,71,86)(H,72,88)/t38-,39+,40+,41-,45-,46-,47-,48+,54-,55-,56-,57+,58+/m0/s1. The van der Waals surface area contributed by atoms with Crippen LogP contribution in [0.2, 0.25) is 0 Å². The van der Waals surface area contributed by atoms with Gasteiger partial charge in [-0.05, 0) is 74.1 Å². The van der Waals surface area contributed by atoms with Crippen LogP contribution in [0.3, 0.4) is 0 Å². The molecule has 4 rings (SSSR count). The number of methoxy groups -OCH3 is 2. The van der Waals surface area contributed by atoms with Crippen LogP contribution in [0, 0.1) is 23.7 Å². The van der Waals surface area contributed by atoms with Crippen molar-refractivity contribution in [2.45, 2.75) is 181 Å². The van der Waals surface area contributed by atoms with Crippen molar-refractivity contribution in [3.8, 4) is 0 Å². The van der Waals surface area contributed by atoms with Gasteiger partial charge in [0.15, 0.2) is 0 Å². The number of imide groups is 1. The molecule has 2 aromatic rings. The highest BCUT2D eigenvalue weighted by Gasteiger charge is 2.44. The van der Waals surface area contributed by atoms with Gasteiger partial charge in [0.05, 0.1) is 55.4 Å². The lowest BCUT2D eigenvalue weighted by Gasteiger charge is -2.41. The molecule has 1 saturated heterocycles. The second kappa shape index (κ2) is 36.8. The van der Waals surface area contributed by atoms with Gasteiger partial charge in [0, 0.05) is 72.1 Å². The molecule has 12 amide bonds. The SMILES string of the molecule is CC[C@H](C)[C@@H]([C@@H](CC(=O)N1CCC[C@H]1[C@H](OC)[C@@H](C)C(=O)N[C@H](C)[C@@H](O)c1ccccc1)OC)N(C)C(=O)[C@@H](NC(=O)[C@H](C(C)C)N(C)C(=O)OCc1ccc(NC(=O)[C@H](C)NC(=O)[C@H](CO)NC(=O)[C@H](CCC(N)=O)NC(=O)CCN2C(=O)C=CC2=O)cc1)C(C)C. The summed E-state index contributed by atoms with van der Waals surface area (Å²) >= 11 is 0. The van der Waals surface area contributed by atoms with Crippen molar-refractivity contribution in [3.05, 3.63) is 77.9 Å². The minimum atomic E-state index is -1.62. The molecule has 1 fully saturated rings. The van der Waals surface area contributed by atoms with Crippen LogP contribution in [0.5, 0.6) is 0 Å². The molecule has 28 heteroatoms. The number of carbonyl (C=O) groups excluding carboxylic acids is 12. The number of rotatable bonds is 36. The summed E-state index contributed by atoms with van der Waals surface area (Å²) < 4.78 is 17.6. The van der Waals surface area contributed by atoms with E-state index < -0.39 is 150 Å². The number of anilines is 1. The lowest BCUT2D eigenvalue weighted by Crippen LogP contribution is -2.60. The van der Waals surface area contributed by atoms with Gasteiger partial charge in [-0.25, -0.2) is 4.79 Å². The summed E-state index contributed by atoms with van der Waals surface area (Å²) in [7, 11) is 6.02. The Kier molecular flexibility index (Phi) is 30.5. The largest absolute Gasteiger partial charge is 0.445 e. The summed E-state index contributed by atoms with van der Waals surface area (Å²) in [5.74, 6) is -8.88. The van der Waals surface area contributed by atoms with E-state index in [-0.39, 0.29) is 62.3 Å². The molecule has 514 valence electrons. The Balaban J connectivity index is 1.34. The zero-order valence-corrected chi connectivity index (χ0v) is 55.7. The number of ether oxygens (including phenoxy) is 3. The first kappa shape index (κ1) is 77.1. The molecule has 0 bridgehead atoms. The van der Waals surface area contributed by atoms with Gasteiger partial charge in [0.25, 0.3) is 11.8 Å². The van der Waals surface area contributed by atoms with Gasteiger partial charge in [-0.2, -0.15) is 0 Å². The van der Waals surface area contributed by atoms with Crippen molar-refractivity contribution in [1.82, 2.24) is 46.2 Å². The third-order valence-corrected chi connectivity index (χ3v) is 17.0. The molecule has 93 heavy (non-hydrogen) atoms. The molecule has 0 saturated carbocycles. The van der Waals surface area contributed by atoms with Gasteiger partial charge in [-0.15, -0.1) is 0 Å². The van der Waals surface area contributed by atoms with Gasteiger partial charge in [0.2, 0.25) is 53.2 Å². The number of amides is 12. The maximum absolute atomic E-state index is 14.8. The van der Waals surface area contributed by atoms with Crippen molar-refractivity contribution in [2.24, 2.45) is 29.4 Å². The zero-order valence-electron chi connectivity index (χ0n) is 55.7. The van der Waals surface area contributed by atoms with E-state index in [0.29, 0.717) is 36.9 Å². The summed E-state index contributed by atoms with van der Waals surface area (Å²) in [5, 5.41) is 36.5. The molecular weight excluding hydrogens is 1210 g/mol. The maximum Gasteiger partial charge on any atom is 0.410 e. The number of nitrogens with two attached hydrogens (primary N) is 1. The Bertz CT molecular complexity index is 2930. The number of likely N-dealkylation sites (N-methyl/N-ethyl adjacent to an activating group) is 2. The Morgan fingerprint density at radius 2 is 1.34 bits per heavy atom. The first-order valence-corrected chi connectivity index (χ1v) is 31.5. The summed E-state index contributed by atoms with van der Waals surface area (Å²) in [5.41, 5.74) is 6.67.